The molecule has 2 heteroatoms. The molecule has 19 heavy (non-hydrogen) atoms. The third-order valence-corrected chi connectivity index (χ3v) is 4.00. The Balaban J connectivity index is 1.89. The molecule has 0 aliphatic carbocycles. The molecule has 0 unspecified atom stereocenters. The highest BCUT2D eigenvalue weighted by Gasteiger charge is 2.16. The SMILES string of the molecule is CN1CCc2cc(-n3ccc4c[c]ccc43)ccc21. The standard InChI is InChI=1S/C17H15N2/c1-18-10-8-14-12-15(6-7-16(14)18)19-11-9-13-4-2-3-5-17(13)19/h3-7,9,11-12H,8,10H2,1H3. The van der Waals surface area contributed by atoms with Crippen LogP contribution in [0, 0.1) is 6.07 Å². The summed E-state index contributed by atoms with van der Waals surface area (Å²) in [5.74, 6) is 0. The van der Waals surface area contributed by atoms with Crippen molar-refractivity contribution in [3.8, 4) is 5.69 Å². The van der Waals surface area contributed by atoms with Gasteiger partial charge in [-0.2, -0.15) is 0 Å². The molecule has 93 valence electrons. The molecule has 0 atom stereocenters. The van der Waals surface area contributed by atoms with E-state index in [-0.39, 0.29) is 0 Å². The average Bonchev–Trinajstić information content (AvgIpc) is 3.03. The molecule has 2 aromatic carbocycles. The van der Waals surface area contributed by atoms with Gasteiger partial charge in [-0.05, 0) is 54.4 Å². The molecule has 0 fully saturated rings. The smallest absolute Gasteiger partial charge is 0.0528 e. The highest BCUT2D eigenvalue weighted by Crippen LogP contribution is 2.30. The minimum absolute atomic E-state index is 1.13. The van der Waals surface area contributed by atoms with Crippen LogP contribution in [0.1, 0.15) is 5.56 Å². The van der Waals surface area contributed by atoms with Gasteiger partial charge in [0.05, 0.1) is 5.52 Å². The van der Waals surface area contributed by atoms with Crippen LogP contribution in [0.25, 0.3) is 16.6 Å². The average molecular weight is 247 g/mol. The van der Waals surface area contributed by atoms with Crippen molar-refractivity contribution in [3.63, 3.8) is 0 Å². The first kappa shape index (κ1) is 10.7. The van der Waals surface area contributed by atoms with E-state index in [1.807, 2.05) is 12.1 Å². The minimum Gasteiger partial charge on any atom is -0.374 e. The van der Waals surface area contributed by atoms with Crippen molar-refractivity contribution in [2.45, 2.75) is 6.42 Å². The maximum Gasteiger partial charge on any atom is 0.0528 e. The van der Waals surface area contributed by atoms with E-state index in [2.05, 4.69) is 59.1 Å². The van der Waals surface area contributed by atoms with Gasteiger partial charge in [-0.1, -0.05) is 6.07 Å². The molecule has 2 nitrogen and oxygen atoms in total. The molecule has 1 aliphatic heterocycles. The van der Waals surface area contributed by atoms with Crippen molar-refractivity contribution in [1.82, 2.24) is 4.57 Å². The molecule has 1 aliphatic rings. The van der Waals surface area contributed by atoms with Crippen molar-refractivity contribution < 1.29 is 0 Å². The molecule has 0 N–H and O–H groups in total. The van der Waals surface area contributed by atoms with E-state index < -0.39 is 0 Å². The maximum atomic E-state index is 3.13. The van der Waals surface area contributed by atoms with Crippen molar-refractivity contribution in [2.75, 3.05) is 18.5 Å². The Morgan fingerprint density at radius 3 is 3.05 bits per heavy atom. The number of likely N-dealkylation sites (N-methyl/N-ethyl adjacent to an activating group) is 1. The lowest BCUT2D eigenvalue weighted by Gasteiger charge is -2.13. The predicted octanol–water partition coefficient (Wildman–Crippen LogP) is 3.42. The molecule has 0 saturated heterocycles. The summed E-state index contributed by atoms with van der Waals surface area (Å²) >= 11 is 0. The number of anilines is 1. The van der Waals surface area contributed by atoms with Crippen LogP contribution in [0.15, 0.2) is 48.7 Å². The first-order chi connectivity index (χ1) is 9.33. The number of nitrogens with zero attached hydrogens (tertiary/aromatic N) is 2. The molecule has 2 heterocycles. The van der Waals surface area contributed by atoms with Gasteiger partial charge in [0, 0.05) is 36.6 Å². The number of aromatic nitrogens is 1. The van der Waals surface area contributed by atoms with E-state index in [1.54, 1.807) is 0 Å². The topological polar surface area (TPSA) is 8.17 Å². The zero-order valence-electron chi connectivity index (χ0n) is 10.9. The number of hydrogen-bond donors (Lipinski definition) is 0. The Morgan fingerprint density at radius 1 is 1.16 bits per heavy atom. The van der Waals surface area contributed by atoms with E-state index in [4.69, 9.17) is 0 Å². The van der Waals surface area contributed by atoms with Gasteiger partial charge in [0.2, 0.25) is 0 Å². The second kappa shape index (κ2) is 3.89. The second-order valence-electron chi connectivity index (χ2n) is 5.16. The fourth-order valence-corrected chi connectivity index (χ4v) is 2.95. The highest BCUT2D eigenvalue weighted by molar-refractivity contribution is 5.82. The molecule has 3 aromatic rings. The highest BCUT2D eigenvalue weighted by atomic mass is 15.1. The van der Waals surface area contributed by atoms with Crippen molar-refractivity contribution in [3.05, 3.63) is 60.3 Å². The number of rotatable bonds is 1. The van der Waals surface area contributed by atoms with Gasteiger partial charge in [0.1, 0.15) is 0 Å². The maximum absolute atomic E-state index is 3.13. The Labute approximate surface area is 112 Å². The van der Waals surface area contributed by atoms with E-state index in [1.165, 1.54) is 27.8 Å². The van der Waals surface area contributed by atoms with E-state index in [9.17, 15) is 0 Å². The zero-order valence-corrected chi connectivity index (χ0v) is 10.9. The Hall–Kier alpha value is -2.22. The Morgan fingerprint density at radius 2 is 2.11 bits per heavy atom. The summed E-state index contributed by atoms with van der Waals surface area (Å²) in [4.78, 5) is 2.32. The van der Waals surface area contributed by atoms with Crippen molar-refractivity contribution >= 4 is 16.6 Å². The van der Waals surface area contributed by atoms with Gasteiger partial charge in [0.25, 0.3) is 0 Å². The van der Waals surface area contributed by atoms with Crippen LogP contribution >= 0.6 is 0 Å². The third-order valence-electron chi connectivity index (χ3n) is 4.00. The van der Waals surface area contributed by atoms with Crippen LogP contribution in [0.3, 0.4) is 0 Å². The van der Waals surface area contributed by atoms with Gasteiger partial charge in [0.15, 0.2) is 0 Å². The molecule has 4 rings (SSSR count). The normalized spacial score (nSPS) is 14.1. The number of hydrogen-bond acceptors (Lipinski definition) is 1. The molecular weight excluding hydrogens is 232 g/mol. The van der Waals surface area contributed by atoms with E-state index >= 15 is 0 Å². The second-order valence-corrected chi connectivity index (χ2v) is 5.16. The summed E-state index contributed by atoms with van der Waals surface area (Å²) in [6.45, 7) is 1.13. The fraction of sp³-hybridized carbons (Fsp3) is 0.176. The molecule has 0 spiro atoms. The monoisotopic (exact) mass is 247 g/mol. The van der Waals surface area contributed by atoms with Gasteiger partial charge < -0.3 is 9.47 Å². The summed E-state index contributed by atoms with van der Waals surface area (Å²) in [7, 11) is 2.16. The molecule has 0 amide bonds. The van der Waals surface area contributed by atoms with Crippen molar-refractivity contribution in [2.24, 2.45) is 0 Å². The summed E-state index contributed by atoms with van der Waals surface area (Å²) in [6.07, 6.45) is 3.28. The van der Waals surface area contributed by atoms with Gasteiger partial charge in [-0.25, -0.2) is 0 Å². The lowest BCUT2D eigenvalue weighted by molar-refractivity contribution is 0.956. The fourth-order valence-electron chi connectivity index (χ4n) is 2.95. The molecule has 1 radical (unpaired) electrons. The van der Waals surface area contributed by atoms with Gasteiger partial charge in [-0.3, -0.25) is 0 Å². The quantitative estimate of drug-likeness (QED) is 0.639. The minimum atomic E-state index is 1.13. The van der Waals surface area contributed by atoms with Gasteiger partial charge >= 0.3 is 0 Å². The summed E-state index contributed by atoms with van der Waals surface area (Å²) in [5, 5.41) is 1.24. The largest absolute Gasteiger partial charge is 0.374 e. The van der Waals surface area contributed by atoms with Crippen LogP contribution in [0.4, 0.5) is 5.69 Å². The molecule has 1 aromatic heterocycles. The van der Waals surface area contributed by atoms with Gasteiger partial charge in [-0.15, -0.1) is 0 Å². The first-order valence-corrected chi connectivity index (χ1v) is 6.64. The van der Waals surface area contributed by atoms with Crippen LogP contribution in [0.5, 0.6) is 0 Å². The zero-order chi connectivity index (χ0) is 12.8. The molecule has 0 saturated carbocycles. The lowest BCUT2D eigenvalue weighted by Crippen LogP contribution is -2.12. The summed E-state index contributed by atoms with van der Waals surface area (Å²) in [6, 6.07) is 18.2. The van der Waals surface area contributed by atoms with Crippen molar-refractivity contribution in [1.29, 1.82) is 0 Å². The number of benzene rings is 2. The predicted molar refractivity (Wildman–Crippen MR) is 79.1 cm³/mol. The van der Waals surface area contributed by atoms with Crippen LogP contribution in [-0.2, 0) is 6.42 Å². The molecule has 0 bridgehead atoms. The van der Waals surface area contributed by atoms with Crippen LogP contribution in [0.2, 0.25) is 0 Å². The lowest BCUT2D eigenvalue weighted by atomic mass is 10.1. The first-order valence-electron chi connectivity index (χ1n) is 6.64. The summed E-state index contributed by atoms with van der Waals surface area (Å²) < 4.78 is 2.25. The third kappa shape index (κ3) is 1.56. The summed E-state index contributed by atoms with van der Waals surface area (Å²) in [5.41, 5.74) is 5.30. The Bertz CT molecular complexity index is 755. The Kier molecular flexibility index (Phi) is 2.18. The van der Waals surface area contributed by atoms with E-state index in [0.29, 0.717) is 0 Å². The number of fused-ring (bicyclic) bond motifs is 2. The molecular formula is C17H15N2. The van der Waals surface area contributed by atoms with Crippen LogP contribution < -0.4 is 4.90 Å². The van der Waals surface area contributed by atoms with E-state index in [0.717, 1.165) is 13.0 Å². The van der Waals surface area contributed by atoms with Crippen LogP contribution in [-0.4, -0.2) is 18.2 Å².